The minimum absolute atomic E-state index is 0.163. The van der Waals surface area contributed by atoms with Crippen molar-refractivity contribution < 1.29 is 9.47 Å². The van der Waals surface area contributed by atoms with Crippen molar-refractivity contribution in [2.75, 3.05) is 6.61 Å². The lowest BCUT2D eigenvalue weighted by Gasteiger charge is -2.30. The first-order valence-electron chi connectivity index (χ1n) is 6.69. The first kappa shape index (κ1) is 12.6. The Hall–Kier alpha value is -0.860. The molecule has 1 saturated heterocycles. The number of benzene rings is 1. The zero-order chi connectivity index (χ0) is 12.1. The van der Waals surface area contributed by atoms with Crippen LogP contribution < -0.4 is 0 Å². The molecular weight excluding hydrogens is 212 g/mol. The van der Waals surface area contributed by atoms with E-state index < -0.39 is 0 Å². The average molecular weight is 234 g/mol. The van der Waals surface area contributed by atoms with Gasteiger partial charge in [-0.3, -0.25) is 0 Å². The number of ether oxygens (including phenoxy) is 2. The van der Waals surface area contributed by atoms with Gasteiger partial charge < -0.3 is 9.47 Å². The average Bonchev–Trinajstić information content (AvgIpc) is 2.40. The largest absolute Gasteiger partial charge is 0.348 e. The van der Waals surface area contributed by atoms with Crippen LogP contribution in [0, 0.1) is 0 Å². The zero-order valence-corrected chi connectivity index (χ0v) is 10.8. The van der Waals surface area contributed by atoms with Gasteiger partial charge in [0.25, 0.3) is 0 Å². The van der Waals surface area contributed by atoms with E-state index in [1.807, 2.05) is 0 Å². The summed E-state index contributed by atoms with van der Waals surface area (Å²) in [6.07, 6.45) is 4.60. The smallest absolute Gasteiger partial charge is 0.184 e. The Balaban J connectivity index is 2.01. The molecule has 0 aliphatic carbocycles. The lowest BCUT2D eigenvalue weighted by atomic mass is 10.1. The molecule has 1 aliphatic heterocycles. The predicted molar refractivity (Wildman–Crippen MR) is 68.9 cm³/mol. The fourth-order valence-corrected chi connectivity index (χ4v) is 2.19. The third-order valence-electron chi connectivity index (χ3n) is 3.27. The third kappa shape index (κ3) is 3.30. The van der Waals surface area contributed by atoms with Gasteiger partial charge in [-0.25, -0.2) is 0 Å². The summed E-state index contributed by atoms with van der Waals surface area (Å²) in [5, 5.41) is 0. The van der Waals surface area contributed by atoms with Crippen LogP contribution in [0.25, 0.3) is 0 Å². The van der Waals surface area contributed by atoms with Crippen molar-refractivity contribution in [1.29, 1.82) is 0 Å². The molecule has 1 aromatic carbocycles. The van der Waals surface area contributed by atoms with Crippen LogP contribution in [0.3, 0.4) is 0 Å². The Morgan fingerprint density at radius 1 is 1.18 bits per heavy atom. The van der Waals surface area contributed by atoms with Crippen LogP contribution in [0.4, 0.5) is 0 Å². The van der Waals surface area contributed by atoms with Crippen molar-refractivity contribution in [2.45, 2.75) is 51.9 Å². The number of hydrogen-bond acceptors (Lipinski definition) is 2. The zero-order valence-electron chi connectivity index (χ0n) is 10.8. The van der Waals surface area contributed by atoms with E-state index in [2.05, 4.69) is 38.1 Å². The third-order valence-corrected chi connectivity index (χ3v) is 3.27. The summed E-state index contributed by atoms with van der Waals surface area (Å²) in [6, 6.07) is 8.63. The minimum Gasteiger partial charge on any atom is -0.348 e. The van der Waals surface area contributed by atoms with Gasteiger partial charge in [0.05, 0.1) is 12.7 Å². The molecule has 0 saturated carbocycles. The molecule has 2 nitrogen and oxygen atoms in total. The Morgan fingerprint density at radius 3 is 2.59 bits per heavy atom. The van der Waals surface area contributed by atoms with Crippen molar-refractivity contribution >= 4 is 0 Å². The molecule has 0 bridgehead atoms. The second-order valence-electron chi connectivity index (χ2n) is 4.65. The van der Waals surface area contributed by atoms with E-state index in [1.165, 1.54) is 12.0 Å². The van der Waals surface area contributed by atoms with Crippen LogP contribution in [0.5, 0.6) is 0 Å². The highest BCUT2D eigenvalue weighted by Gasteiger charge is 2.22. The van der Waals surface area contributed by atoms with Crippen molar-refractivity contribution in [3.63, 3.8) is 0 Å². The maximum Gasteiger partial charge on any atom is 0.184 e. The molecule has 0 N–H and O–H groups in total. The Bertz CT molecular complexity index is 331. The van der Waals surface area contributed by atoms with Gasteiger partial charge in [0.1, 0.15) is 0 Å². The fraction of sp³-hybridized carbons (Fsp3) is 0.600. The standard InChI is InChI=1S/C15H22O2/c1-3-5-12-6-8-13(9-7-12)15-16-11-10-14(4-2)17-15/h6-9,14-15H,3-5,10-11H2,1-2H3. The minimum atomic E-state index is -0.163. The lowest BCUT2D eigenvalue weighted by molar-refractivity contribution is -0.217. The van der Waals surface area contributed by atoms with Crippen LogP contribution in [0.2, 0.25) is 0 Å². The second-order valence-corrected chi connectivity index (χ2v) is 4.65. The summed E-state index contributed by atoms with van der Waals surface area (Å²) in [5.74, 6) is 0. The molecule has 1 aromatic rings. The summed E-state index contributed by atoms with van der Waals surface area (Å²) in [4.78, 5) is 0. The van der Waals surface area contributed by atoms with E-state index in [9.17, 15) is 0 Å². The monoisotopic (exact) mass is 234 g/mol. The molecule has 2 atom stereocenters. The van der Waals surface area contributed by atoms with Crippen LogP contribution in [0.1, 0.15) is 50.5 Å². The number of hydrogen-bond donors (Lipinski definition) is 0. The van der Waals surface area contributed by atoms with E-state index in [0.29, 0.717) is 6.10 Å². The highest BCUT2D eigenvalue weighted by molar-refractivity contribution is 5.23. The Kier molecular flexibility index (Phi) is 4.57. The quantitative estimate of drug-likeness (QED) is 0.787. The van der Waals surface area contributed by atoms with Gasteiger partial charge in [-0.15, -0.1) is 0 Å². The van der Waals surface area contributed by atoms with Gasteiger partial charge in [0, 0.05) is 5.56 Å². The van der Waals surface area contributed by atoms with Gasteiger partial charge >= 0.3 is 0 Å². The summed E-state index contributed by atoms with van der Waals surface area (Å²) in [7, 11) is 0. The van der Waals surface area contributed by atoms with Crippen LogP contribution in [-0.4, -0.2) is 12.7 Å². The number of rotatable bonds is 4. The molecular formula is C15H22O2. The summed E-state index contributed by atoms with van der Waals surface area (Å²) in [5.41, 5.74) is 2.53. The predicted octanol–water partition coefficient (Wildman–Crippen LogP) is 3.85. The maximum atomic E-state index is 5.90. The Labute approximate surface area is 104 Å². The summed E-state index contributed by atoms with van der Waals surface area (Å²) >= 11 is 0. The van der Waals surface area contributed by atoms with E-state index >= 15 is 0 Å². The lowest BCUT2D eigenvalue weighted by Crippen LogP contribution is -2.26. The highest BCUT2D eigenvalue weighted by atomic mass is 16.7. The van der Waals surface area contributed by atoms with Gasteiger partial charge in [-0.2, -0.15) is 0 Å². The molecule has 0 amide bonds. The normalized spacial score (nSPS) is 24.8. The van der Waals surface area contributed by atoms with E-state index in [4.69, 9.17) is 9.47 Å². The van der Waals surface area contributed by atoms with Crippen molar-refractivity contribution in [1.82, 2.24) is 0 Å². The van der Waals surface area contributed by atoms with Gasteiger partial charge in [0.15, 0.2) is 6.29 Å². The molecule has 0 spiro atoms. The first-order chi connectivity index (χ1) is 8.33. The molecule has 1 aliphatic rings. The van der Waals surface area contributed by atoms with Crippen LogP contribution >= 0.6 is 0 Å². The maximum absolute atomic E-state index is 5.90. The fourth-order valence-electron chi connectivity index (χ4n) is 2.19. The molecule has 2 unspecified atom stereocenters. The SMILES string of the molecule is CCCc1ccc(C2OCCC(CC)O2)cc1. The molecule has 17 heavy (non-hydrogen) atoms. The van der Waals surface area contributed by atoms with Gasteiger partial charge in [-0.05, 0) is 24.8 Å². The molecule has 0 aromatic heterocycles. The molecule has 1 heterocycles. The van der Waals surface area contributed by atoms with E-state index in [-0.39, 0.29) is 6.29 Å². The van der Waals surface area contributed by atoms with Gasteiger partial charge in [-0.1, -0.05) is 44.5 Å². The highest BCUT2D eigenvalue weighted by Crippen LogP contribution is 2.27. The van der Waals surface area contributed by atoms with Crippen molar-refractivity contribution in [2.24, 2.45) is 0 Å². The molecule has 2 heteroatoms. The Morgan fingerprint density at radius 2 is 1.94 bits per heavy atom. The summed E-state index contributed by atoms with van der Waals surface area (Å²) < 4.78 is 11.6. The van der Waals surface area contributed by atoms with Crippen LogP contribution in [0.15, 0.2) is 24.3 Å². The van der Waals surface area contributed by atoms with Crippen molar-refractivity contribution in [3.05, 3.63) is 35.4 Å². The number of aryl methyl sites for hydroxylation is 1. The van der Waals surface area contributed by atoms with E-state index in [0.717, 1.165) is 31.4 Å². The first-order valence-corrected chi connectivity index (χ1v) is 6.69. The summed E-state index contributed by atoms with van der Waals surface area (Å²) in [6.45, 7) is 5.17. The molecule has 1 fully saturated rings. The topological polar surface area (TPSA) is 18.5 Å². The van der Waals surface area contributed by atoms with Crippen molar-refractivity contribution in [3.8, 4) is 0 Å². The molecule has 2 rings (SSSR count). The van der Waals surface area contributed by atoms with E-state index in [1.54, 1.807) is 0 Å². The molecule has 94 valence electrons. The van der Waals surface area contributed by atoms with Gasteiger partial charge in [0.2, 0.25) is 0 Å². The van der Waals surface area contributed by atoms with Crippen LogP contribution in [-0.2, 0) is 15.9 Å². The second kappa shape index (κ2) is 6.18. The molecule has 0 radical (unpaired) electrons.